The molecule has 0 aliphatic heterocycles. The Hall–Kier alpha value is -1.61. The number of aryl methyl sites for hydroxylation is 4. The molecule has 1 N–H and O–H groups in total. The van der Waals surface area contributed by atoms with Gasteiger partial charge in [-0.05, 0) is 33.3 Å². The molecule has 0 bridgehead atoms. The molecule has 1 atom stereocenters. The van der Waals surface area contributed by atoms with Gasteiger partial charge in [-0.15, -0.1) is 0 Å². The first-order valence-corrected chi connectivity index (χ1v) is 6.76. The summed E-state index contributed by atoms with van der Waals surface area (Å²) < 4.78 is 1.87. The molecular formula is C16H23N3. The third-order valence-corrected chi connectivity index (χ3v) is 3.46. The van der Waals surface area contributed by atoms with Crippen molar-refractivity contribution in [2.45, 2.75) is 40.3 Å². The molecule has 0 saturated heterocycles. The maximum absolute atomic E-state index is 4.37. The van der Waals surface area contributed by atoms with Crippen molar-refractivity contribution in [3.8, 4) is 0 Å². The number of nitrogens with one attached hydrogen (secondary N) is 1. The fraction of sp³-hybridized carbons (Fsp3) is 0.438. The maximum Gasteiger partial charge on any atom is 0.0638 e. The zero-order chi connectivity index (χ0) is 14.0. The SMILES string of the molecule is Cc1cc(C)cc(C(C)NCc2cn(C)nc2C)c1. The van der Waals surface area contributed by atoms with Crippen LogP contribution in [0.25, 0.3) is 0 Å². The summed E-state index contributed by atoms with van der Waals surface area (Å²) in [4.78, 5) is 0. The van der Waals surface area contributed by atoms with Gasteiger partial charge >= 0.3 is 0 Å². The summed E-state index contributed by atoms with van der Waals surface area (Å²) in [6.45, 7) is 9.41. The molecule has 1 heterocycles. The van der Waals surface area contributed by atoms with E-state index >= 15 is 0 Å². The van der Waals surface area contributed by atoms with Gasteiger partial charge in [-0.3, -0.25) is 4.68 Å². The van der Waals surface area contributed by atoms with Gasteiger partial charge in [0.15, 0.2) is 0 Å². The Morgan fingerprint density at radius 3 is 2.32 bits per heavy atom. The number of aromatic nitrogens is 2. The summed E-state index contributed by atoms with van der Waals surface area (Å²) in [5.41, 5.74) is 6.35. The van der Waals surface area contributed by atoms with E-state index in [1.807, 2.05) is 11.7 Å². The van der Waals surface area contributed by atoms with Gasteiger partial charge in [0.25, 0.3) is 0 Å². The largest absolute Gasteiger partial charge is 0.306 e. The summed E-state index contributed by atoms with van der Waals surface area (Å²) in [5.74, 6) is 0. The van der Waals surface area contributed by atoms with Crippen molar-refractivity contribution in [1.29, 1.82) is 0 Å². The van der Waals surface area contributed by atoms with Crippen molar-refractivity contribution in [3.63, 3.8) is 0 Å². The summed E-state index contributed by atoms with van der Waals surface area (Å²) in [7, 11) is 1.96. The van der Waals surface area contributed by atoms with Gasteiger partial charge in [-0.25, -0.2) is 0 Å². The lowest BCUT2D eigenvalue weighted by molar-refractivity contribution is 0.572. The minimum absolute atomic E-state index is 0.346. The fourth-order valence-corrected chi connectivity index (χ4v) is 2.46. The minimum atomic E-state index is 0.346. The van der Waals surface area contributed by atoms with Gasteiger partial charge in [0.2, 0.25) is 0 Å². The molecule has 0 spiro atoms. The van der Waals surface area contributed by atoms with E-state index in [1.54, 1.807) is 0 Å². The number of hydrogen-bond donors (Lipinski definition) is 1. The average molecular weight is 257 g/mol. The molecule has 1 aromatic heterocycles. The van der Waals surface area contributed by atoms with Crippen LogP contribution in [0.15, 0.2) is 24.4 Å². The van der Waals surface area contributed by atoms with Crippen LogP contribution in [0.1, 0.15) is 40.9 Å². The lowest BCUT2D eigenvalue weighted by Gasteiger charge is -2.15. The molecule has 0 aliphatic carbocycles. The van der Waals surface area contributed by atoms with Crippen molar-refractivity contribution in [2.24, 2.45) is 7.05 Å². The lowest BCUT2D eigenvalue weighted by atomic mass is 10.0. The molecule has 1 unspecified atom stereocenters. The van der Waals surface area contributed by atoms with E-state index < -0.39 is 0 Å². The molecule has 1 aromatic carbocycles. The van der Waals surface area contributed by atoms with Crippen LogP contribution in [-0.2, 0) is 13.6 Å². The Morgan fingerprint density at radius 2 is 1.79 bits per heavy atom. The predicted octanol–water partition coefficient (Wildman–Crippen LogP) is 3.20. The summed E-state index contributed by atoms with van der Waals surface area (Å²) in [5, 5.41) is 7.94. The van der Waals surface area contributed by atoms with Crippen LogP contribution in [0.2, 0.25) is 0 Å². The lowest BCUT2D eigenvalue weighted by Crippen LogP contribution is -2.18. The minimum Gasteiger partial charge on any atom is -0.306 e. The Morgan fingerprint density at radius 1 is 1.16 bits per heavy atom. The molecule has 2 aromatic rings. The summed E-state index contributed by atoms with van der Waals surface area (Å²) in [6, 6.07) is 7.06. The van der Waals surface area contributed by atoms with Crippen molar-refractivity contribution in [2.75, 3.05) is 0 Å². The molecule has 19 heavy (non-hydrogen) atoms. The van der Waals surface area contributed by atoms with E-state index in [-0.39, 0.29) is 0 Å². The monoisotopic (exact) mass is 257 g/mol. The first-order chi connectivity index (χ1) is 8.95. The third kappa shape index (κ3) is 3.44. The van der Waals surface area contributed by atoms with Crippen LogP contribution in [0.5, 0.6) is 0 Å². The summed E-state index contributed by atoms with van der Waals surface area (Å²) in [6.07, 6.45) is 2.08. The van der Waals surface area contributed by atoms with Crippen molar-refractivity contribution in [1.82, 2.24) is 15.1 Å². The molecule has 0 aliphatic rings. The Bertz CT molecular complexity index is 549. The highest BCUT2D eigenvalue weighted by Gasteiger charge is 2.08. The molecule has 102 valence electrons. The van der Waals surface area contributed by atoms with Crippen LogP contribution in [0.3, 0.4) is 0 Å². The first kappa shape index (κ1) is 13.8. The van der Waals surface area contributed by atoms with E-state index in [0.717, 1.165) is 12.2 Å². The summed E-state index contributed by atoms with van der Waals surface area (Å²) >= 11 is 0. The second-order valence-corrected chi connectivity index (χ2v) is 5.44. The molecule has 2 rings (SSSR count). The van der Waals surface area contributed by atoms with Crippen LogP contribution < -0.4 is 5.32 Å². The molecule has 0 amide bonds. The number of rotatable bonds is 4. The van der Waals surface area contributed by atoms with E-state index in [4.69, 9.17) is 0 Å². The van der Waals surface area contributed by atoms with Crippen LogP contribution in [-0.4, -0.2) is 9.78 Å². The van der Waals surface area contributed by atoms with Gasteiger partial charge in [0.1, 0.15) is 0 Å². The van der Waals surface area contributed by atoms with Gasteiger partial charge < -0.3 is 5.32 Å². The number of hydrogen-bond acceptors (Lipinski definition) is 2. The smallest absolute Gasteiger partial charge is 0.0638 e. The van der Waals surface area contributed by atoms with E-state index in [9.17, 15) is 0 Å². The van der Waals surface area contributed by atoms with E-state index in [0.29, 0.717) is 6.04 Å². The first-order valence-electron chi connectivity index (χ1n) is 6.76. The van der Waals surface area contributed by atoms with Gasteiger partial charge in [0, 0.05) is 31.4 Å². The van der Waals surface area contributed by atoms with Crippen molar-refractivity contribution < 1.29 is 0 Å². The molecule has 0 saturated carbocycles. The van der Waals surface area contributed by atoms with Crippen LogP contribution >= 0.6 is 0 Å². The second-order valence-electron chi connectivity index (χ2n) is 5.44. The highest BCUT2D eigenvalue weighted by Crippen LogP contribution is 2.17. The second kappa shape index (κ2) is 5.57. The molecule has 0 radical (unpaired) electrons. The highest BCUT2D eigenvalue weighted by atomic mass is 15.2. The Balaban J connectivity index is 2.05. The van der Waals surface area contributed by atoms with E-state index in [1.165, 1.54) is 22.3 Å². The molecule has 3 nitrogen and oxygen atoms in total. The average Bonchev–Trinajstić information content (AvgIpc) is 2.63. The van der Waals surface area contributed by atoms with E-state index in [2.05, 4.69) is 62.5 Å². The quantitative estimate of drug-likeness (QED) is 0.911. The Kier molecular flexibility index (Phi) is 4.05. The fourth-order valence-electron chi connectivity index (χ4n) is 2.46. The highest BCUT2D eigenvalue weighted by molar-refractivity contribution is 5.30. The molecule has 0 fully saturated rings. The maximum atomic E-state index is 4.37. The predicted molar refractivity (Wildman–Crippen MR) is 79.1 cm³/mol. The normalized spacial score (nSPS) is 12.7. The van der Waals surface area contributed by atoms with Gasteiger partial charge in [0.05, 0.1) is 5.69 Å². The zero-order valence-corrected chi connectivity index (χ0v) is 12.5. The standard InChI is InChI=1S/C16H23N3/c1-11-6-12(2)8-15(7-11)13(3)17-9-16-10-19(5)18-14(16)4/h6-8,10,13,17H,9H2,1-5H3. The molecule has 3 heteroatoms. The van der Waals surface area contributed by atoms with Crippen LogP contribution in [0, 0.1) is 20.8 Å². The van der Waals surface area contributed by atoms with Gasteiger partial charge in [-0.2, -0.15) is 5.10 Å². The van der Waals surface area contributed by atoms with Crippen molar-refractivity contribution in [3.05, 3.63) is 52.3 Å². The number of nitrogens with zero attached hydrogens (tertiary/aromatic N) is 2. The van der Waals surface area contributed by atoms with Crippen LogP contribution in [0.4, 0.5) is 0 Å². The Labute approximate surface area is 115 Å². The zero-order valence-electron chi connectivity index (χ0n) is 12.5. The topological polar surface area (TPSA) is 29.9 Å². The van der Waals surface area contributed by atoms with Crippen molar-refractivity contribution >= 4 is 0 Å². The molecular weight excluding hydrogens is 234 g/mol. The van der Waals surface area contributed by atoms with Gasteiger partial charge in [-0.1, -0.05) is 29.3 Å². The third-order valence-electron chi connectivity index (χ3n) is 3.46. The number of benzene rings is 1.